The SMILES string of the molecule is CCc1ccccc1N1CCNC1NC(=O)Nc1ccc(-c2ncn(-c3ccc(OC(F)(F)F)cc3)n2)cc1. The molecule has 39 heavy (non-hydrogen) atoms. The number of amides is 2. The molecule has 1 saturated heterocycles. The van der Waals surface area contributed by atoms with Crippen molar-refractivity contribution in [1.29, 1.82) is 0 Å². The van der Waals surface area contributed by atoms with Crippen molar-refractivity contribution in [2.45, 2.75) is 26.0 Å². The molecule has 3 N–H and O–H groups in total. The van der Waals surface area contributed by atoms with Crippen molar-refractivity contribution in [2.24, 2.45) is 0 Å². The minimum Gasteiger partial charge on any atom is -0.406 e. The van der Waals surface area contributed by atoms with Crippen LogP contribution in [-0.2, 0) is 6.42 Å². The van der Waals surface area contributed by atoms with Gasteiger partial charge in [0.15, 0.2) is 12.1 Å². The van der Waals surface area contributed by atoms with Crippen LogP contribution >= 0.6 is 0 Å². The van der Waals surface area contributed by atoms with Gasteiger partial charge in [-0.2, -0.15) is 0 Å². The first-order valence-corrected chi connectivity index (χ1v) is 12.3. The number of para-hydroxylation sites is 1. The lowest BCUT2D eigenvalue weighted by Gasteiger charge is -2.28. The number of rotatable bonds is 7. The lowest BCUT2D eigenvalue weighted by Crippen LogP contribution is -2.52. The van der Waals surface area contributed by atoms with Crippen LogP contribution in [0.15, 0.2) is 79.1 Å². The van der Waals surface area contributed by atoms with Crippen molar-refractivity contribution >= 4 is 17.4 Å². The normalized spacial score (nSPS) is 15.3. The molecular weight excluding hydrogens is 511 g/mol. The number of carbonyl (C=O) groups is 1. The molecule has 0 radical (unpaired) electrons. The van der Waals surface area contributed by atoms with Crippen LogP contribution in [0.25, 0.3) is 17.1 Å². The molecule has 2 heterocycles. The summed E-state index contributed by atoms with van der Waals surface area (Å²) in [5.74, 6) is 0.0999. The van der Waals surface area contributed by atoms with E-state index in [1.54, 1.807) is 24.3 Å². The van der Waals surface area contributed by atoms with Crippen molar-refractivity contribution < 1.29 is 22.7 Å². The zero-order chi connectivity index (χ0) is 27.4. The Kier molecular flexibility index (Phi) is 7.37. The standard InChI is InChI=1S/C27H26F3N7O2/c1-2-18-5-3-4-6-23(18)36-16-15-31-25(36)34-26(38)33-20-9-7-19(8-10-20)24-32-17-37(35-24)21-11-13-22(14-12-21)39-27(28,29)30/h3-14,17,25,31H,2,15-16H2,1H3,(H2,33,34,38). The summed E-state index contributed by atoms with van der Waals surface area (Å²) in [5.41, 5.74) is 4.13. The Balaban J connectivity index is 1.20. The number of nitrogens with one attached hydrogen (secondary N) is 3. The van der Waals surface area contributed by atoms with E-state index in [-0.39, 0.29) is 18.1 Å². The van der Waals surface area contributed by atoms with Gasteiger partial charge in [-0.1, -0.05) is 25.1 Å². The number of urea groups is 1. The van der Waals surface area contributed by atoms with Crippen molar-refractivity contribution in [1.82, 2.24) is 25.4 Å². The van der Waals surface area contributed by atoms with E-state index < -0.39 is 6.36 Å². The van der Waals surface area contributed by atoms with Crippen LogP contribution in [0.2, 0.25) is 0 Å². The van der Waals surface area contributed by atoms with Crippen LogP contribution < -0.4 is 25.6 Å². The summed E-state index contributed by atoms with van der Waals surface area (Å²) in [6, 6.07) is 20.1. The second-order valence-electron chi connectivity index (χ2n) is 8.76. The van der Waals surface area contributed by atoms with Gasteiger partial charge >= 0.3 is 12.4 Å². The first kappa shape index (κ1) is 26.0. The Bertz CT molecular complexity index is 1420. The lowest BCUT2D eigenvalue weighted by molar-refractivity contribution is -0.274. The van der Waals surface area contributed by atoms with E-state index in [2.05, 4.69) is 54.7 Å². The van der Waals surface area contributed by atoms with Crippen LogP contribution in [0.1, 0.15) is 12.5 Å². The van der Waals surface area contributed by atoms with Gasteiger partial charge in [-0.3, -0.25) is 5.32 Å². The molecule has 2 amide bonds. The Morgan fingerprint density at radius 1 is 1.08 bits per heavy atom. The van der Waals surface area contributed by atoms with E-state index >= 15 is 0 Å². The summed E-state index contributed by atoms with van der Waals surface area (Å²) >= 11 is 0. The van der Waals surface area contributed by atoms with Crippen molar-refractivity contribution in [3.8, 4) is 22.8 Å². The predicted octanol–water partition coefficient (Wildman–Crippen LogP) is 4.91. The number of carbonyl (C=O) groups excluding carboxylic acids is 1. The fraction of sp³-hybridized carbons (Fsp3) is 0.222. The highest BCUT2D eigenvalue weighted by atomic mass is 19.4. The third-order valence-corrected chi connectivity index (χ3v) is 6.18. The Morgan fingerprint density at radius 3 is 2.54 bits per heavy atom. The zero-order valence-corrected chi connectivity index (χ0v) is 20.9. The first-order valence-electron chi connectivity index (χ1n) is 12.3. The zero-order valence-electron chi connectivity index (χ0n) is 20.9. The van der Waals surface area contributed by atoms with Crippen molar-refractivity contribution in [2.75, 3.05) is 23.3 Å². The predicted molar refractivity (Wildman–Crippen MR) is 141 cm³/mol. The molecule has 0 spiro atoms. The van der Waals surface area contributed by atoms with Gasteiger partial charge in [0, 0.05) is 30.0 Å². The number of hydrogen-bond donors (Lipinski definition) is 3. The summed E-state index contributed by atoms with van der Waals surface area (Å²) in [4.78, 5) is 19.1. The molecule has 1 unspecified atom stereocenters. The highest BCUT2D eigenvalue weighted by Crippen LogP contribution is 2.25. The van der Waals surface area contributed by atoms with E-state index in [9.17, 15) is 18.0 Å². The second-order valence-corrected chi connectivity index (χ2v) is 8.76. The number of ether oxygens (including phenoxy) is 1. The number of aromatic nitrogens is 3. The molecule has 5 rings (SSSR count). The van der Waals surface area contributed by atoms with Gasteiger partial charge in [0.25, 0.3) is 0 Å². The van der Waals surface area contributed by atoms with Gasteiger partial charge in [0.1, 0.15) is 12.1 Å². The maximum Gasteiger partial charge on any atom is 0.573 e. The molecule has 0 aliphatic carbocycles. The van der Waals surface area contributed by atoms with Gasteiger partial charge in [0.05, 0.1) is 5.69 Å². The second kappa shape index (κ2) is 11.0. The van der Waals surface area contributed by atoms with Gasteiger partial charge in [0.2, 0.25) is 0 Å². The van der Waals surface area contributed by atoms with Crippen molar-refractivity contribution in [3.63, 3.8) is 0 Å². The van der Waals surface area contributed by atoms with Gasteiger partial charge in [-0.05, 0) is 66.6 Å². The summed E-state index contributed by atoms with van der Waals surface area (Å²) < 4.78 is 42.4. The van der Waals surface area contributed by atoms with Gasteiger partial charge in [-0.15, -0.1) is 18.3 Å². The van der Waals surface area contributed by atoms with Crippen LogP contribution in [0.5, 0.6) is 5.75 Å². The van der Waals surface area contributed by atoms with Crippen molar-refractivity contribution in [3.05, 3.63) is 84.7 Å². The summed E-state index contributed by atoms with van der Waals surface area (Å²) in [6.07, 6.45) is -2.72. The summed E-state index contributed by atoms with van der Waals surface area (Å²) in [7, 11) is 0. The molecule has 0 bridgehead atoms. The number of halogens is 3. The fourth-order valence-corrected chi connectivity index (χ4v) is 4.35. The molecule has 3 aromatic carbocycles. The van der Waals surface area contributed by atoms with E-state index in [4.69, 9.17) is 0 Å². The van der Waals surface area contributed by atoms with E-state index in [0.717, 1.165) is 25.2 Å². The van der Waals surface area contributed by atoms with Gasteiger partial charge < -0.3 is 20.3 Å². The number of anilines is 2. The minimum absolute atomic E-state index is 0.319. The van der Waals surface area contributed by atoms with Crippen LogP contribution in [0, 0.1) is 0 Å². The quantitative estimate of drug-likeness (QED) is 0.310. The fourth-order valence-electron chi connectivity index (χ4n) is 4.35. The summed E-state index contributed by atoms with van der Waals surface area (Å²) in [6.45, 7) is 3.64. The number of nitrogens with zero attached hydrogens (tertiary/aromatic N) is 4. The molecule has 12 heteroatoms. The van der Waals surface area contributed by atoms with E-state index in [1.807, 2.05) is 12.1 Å². The van der Waals surface area contributed by atoms with Gasteiger partial charge in [-0.25, -0.2) is 14.5 Å². The average molecular weight is 538 g/mol. The molecule has 1 atom stereocenters. The minimum atomic E-state index is -4.75. The maximum absolute atomic E-state index is 12.7. The molecule has 1 aliphatic heterocycles. The largest absolute Gasteiger partial charge is 0.573 e. The Labute approximate surface area is 222 Å². The highest BCUT2D eigenvalue weighted by molar-refractivity contribution is 5.90. The Hall–Kier alpha value is -4.58. The van der Waals surface area contributed by atoms with E-state index in [0.29, 0.717) is 22.8 Å². The number of aryl methyl sites for hydroxylation is 1. The topological polar surface area (TPSA) is 96.3 Å². The number of hydrogen-bond acceptors (Lipinski definition) is 6. The smallest absolute Gasteiger partial charge is 0.406 e. The first-order chi connectivity index (χ1) is 18.8. The van der Waals surface area contributed by atoms with Crippen LogP contribution in [-0.4, -0.2) is 46.5 Å². The molecular formula is C27H26F3N7O2. The molecule has 1 aromatic heterocycles. The number of alkyl halides is 3. The molecule has 0 saturated carbocycles. The third-order valence-electron chi connectivity index (χ3n) is 6.18. The molecule has 4 aromatic rings. The lowest BCUT2D eigenvalue weighted by atomic mass is 10.1. The molecule has 202 valence electrons. The summed E-state index contributed by atoms with van der Waals surface area (Å²) in [5, 5.41) is 13.5. The maximum atomic E-state index is 12.7. The average Bonchev–Trinajstić information content (AvgIpc) is 3.59. The van der Waals surface area contributed by atoms with E-state index in [1.165, 1.54) is 40.8 Å². The Morgan fingerprint density at radius 2 is 1.82 bits per heavy atom. The molecule has 1 fully saturated rings. The highest BCUT2D eigenvalue weighted by Gasteiger charge is 2.31. The monoisotopic (exact) mass is 537 g/mol. The molecule has 9 nitrogen and oxygen atoms in total. The van der Waals surface area contributed by atoms with Crippen LogP contribution in [0.4, 0.5) is 29.3 Å². The number of benzene rings is 3. The third kappa shape index (κ3) is 6.29. The van der Waals surface area contributed by atoms with Crippen LogP contribution in [0.3, 0.4) is 0 Å². The molecule has 1 aliphatic rings.